The molecule has 0 N–H and O–H groups in total. The molecule has 1 aliphatic heterocycles. The summed E-state index contributed by atoms with van der Waals surface area (Å²) in [4.78, 5) is 30.0. The number of halogens is 3. The second-order valence-corrected chi connectivity index (χ2v) is 8.60. The minimum atomic E-state index is -0.744. The summed E-state index contributed by atoms with van der Waals surface area (Å²) in [6.07, 6.45) is 6.44. The molecule has 0 atom stereocenters. The molecule has 0 spiro atoms. The number of amides is 1. The van der Waals surface area contributed by atoms with E-state index in [0.717, 1.165) is 6.07 Å². The van der Waals surface area contributed by atoms with E-state index < -0.39 is 11.6 Å². The van der Waals surface area contributed by atoms with E-state index in [-0.39, 0.29) is 17.2 Å². The topological polar surface area (TPSA) is 67.2 Å². The quantitative estimate of drug-likeness (QED) is 0.419. The Kier molecular flexibility index (Phi) is 6.17. The summed E-state index contributed by atoms with van der Waals surface area (Å²) >= 11 is 6.39. The Morgan fingerprint density at radius 1 is 1.00 bits per heavy atom. The smallest absolute Gasteiger partial charge is 0.270 e. The minimum Gasteiger partial charge on any atom is -0.352 e. The highest BCUT2D eigenvalue weighted by Crippen LogP contribution is 2.35. The largest absolute Gasteiger partial charge is 0.352 e. The summed E-state index contributed by atoms with van der Waals surface area (Å²) < 4.78 is 30.0. The van der Waals surface area contributed by atoms with E-state index >= 15 is 0 Å². The van der Waals surface area contributed by atoms with E-state index in [2.05, 4.69) is 9.97 Å². The lowest BCUT2D eigenvalue weighted by Crippen LogP contribution is -2.49. The minimum absolute atomic E-state index is 0.0189. The standard InChI is InChI=1S/C25H21ClF2N6O/c1-32-8-2-3-21(32)25(35)34-11-9-33(10-12-34)22-15-30-23(18-5-4-16(27)13-20(18)28)24(31-22)17-6-7-29-14-19(17)26/h2-8,13-15H,9-12H2,1H3. The molecular formula is C25H21ClF2N6O. The fourth-order valence-electron chi connectivity index (χ4n) is 4.15. The molecule has 1 amide bonds. The molecule has 1 aromatic carbocycles. The fraction of sp³-hybridized carbons (Fsp3) is 0.200. The van der Waals surface area contributed by atoms with Gasteiger partial charge in [0, 0.05) is 69.0 Å². The van der Waals surface area contributed by atoms with Gasteiger partial charge in [0.2, 0.25) is 0 Å². The predicted molar refractivity (Wildman–Crippen MR) is 129 cm³/mol. The maximum atomic E-state index is 14.6. The molecule has 0 unspecified atom stereocenters. The lowest BCUT2D eigenvalue weighted by molar-refractivity contribution is 0.0737. The molecule has 0 bridgehead atoms. The monoisotopic (exact) mass is 494 g/mol. The Morgan fingerprint density at radius 3 is 2.49 bits per heavy atom. The van der Waals surface area contributed by atoms with Gasteiger partial charge in [0.1, 0.15) is 28.8 Å². The van der Waals surface area contributed by atoms with Crippen LogP contribution in [0.5, 0.6) is 0 Å². The molecule has 1 fully saturated rings. The van der Waals surface area contributed by atoms with Gasteiger partial charge in [0.05, 0.1) is 16.9 Å². The zero-order chi connectivity index (χ0) is 24.5. The van der Waals surface area contributed by atoms with Gasteiger partial charge in [-0.05, 0) is 30.3 Å². The fourth-order valence-corrected chi connectivity index (χ4v) is 4.36. The SMILES string of the molecule is Cn1cccc1C(=O)N1CCN(c2cnc(-c3ccc(F)cc3F)c(-c3ccncc3Cl)n2)CC1. The third kappa shape index (κ3) is 4.46. The Balaban J connectivity index is 1.46. The number of pyridine rings is 1. The molecule has 0 aliphatic carbocycles. The van der Waals surface area contributed by atoms with Crippen molar-refractivity contribution in [1.82, 2.24) is 24.4 Å². The average Bonchev–Trinajstić information content (AvgIpc) is 3.30. The number of aryl methyl sites for hydroxylation is 1. The molecule has 3 aromatic heterocycles. The number of aromatic nitrogens is 4. The summed E-state index contributed by atoms with van der Waals surface area (Å²) in [5.41, 5.74) is 1.90. The number of piperazine rings is 1. The predicted octanol–water partition coefficient (Wildman–Crippen LogP) is 4.44. The van der Waals surface area contributed by atoms with E-state index in [1.165, 1.54) is 18.3 Å². The molecule has 4 heterocycles. The Bertz CT molecular complexity index is 1400. The molecule has 178 valence electrons. The maximum Gasteiger partial charge on any atom is 0.270 e. The van der Waals surface area contributed by atoms with E-state index in [1.807, 2.05) is 29.1 Å². The molecule has 1 saturated heterocycles. The summed E-state index contributed by atoms with van der Waals surface area (Å²) in [5, 5.41) is 0.334. The van der Waals surface area contributed by atoms with Crippen molar-refractivity contribution in [3.8, 4) is 22.5 Å². The van der Waals surface area contributed by atoms with Crippen molar-refractivity contribution in [3.05, 3.63) is 83.5 Å². The van der Waals surface area contributed by atoms with Crippen molar-refractivity contribution in [3.63, 3.8) is 0 Å². The molecule has 0 saturated carbocycles. The van der Waals surface area contributed by atoms with Gasteiger partial charge < -0.3 is 14.4 Å². The van der Waals surface area contributed by atoms with Gasteiger partial charge in [-0.1, -0.05) is 11.6 Å². The number of hydrogen-bond acceptors (Lipinski definition) is 5. The van der Waals surface area contributed by atoms with Crippen molar-refractivity contribution in [2.24, 2.45) is 7.05 Å². The molecule has 7 nitrogen and oxygen atoms in total. The number of nitrogens with zero attached hydrogens (tertiary/aromatic N) is 6. The first kappa shape index (κ1) is 22.9. The molecular weight excluding hydrogens is 474 g/mol. The average molecular weight is 495 g/mol. The van der Waals surface area contributed by atoms with Crippen LogP contribution in [0.1, 0.15) is 10.5 Å². The van der Waals surface area contributed by atoms with Crippen molar-refractivity contribution in [1.29, 1.82) is 0 Å². The summed E-state index contributed by atoms with van der Waals surface area (Å²) in [7, 11) is 1.84. The van der Waals surface area contributed by atoms with Gasteiger partial charge >= 0.3 is 0 Å². The second-order valence-electron chi connectivity index (χ2n) is 8.19. The van der Waals surface area contributed by atoms with Crippen molar-refractivity contribution in [2.75, 3.05) is 31.1 Å². The van der Waals surface area contributed by atoms with Crippen LogP contribution in [0.25, 0.3) is 22.5 Å². The van der Waals surface area contributed by atoms with Crippen LogP contribution in [-0.4, -0.2) is 56.5 Å². The van der Waals surface area contributed by atoms with Crippen LogP contribution in [-0.2, 0) is 7.05 Å². The Labute approximate surface area is 205 Å². The van der Waals surface area contributed by atoms with Gasteiger partial charge in [-0.15, -0.1) is 0 Å². The third-order valence-corrected chi connectivity index (χ3v) is 6.33. The molecule has 1 aliphatic rings. The molecule has 4 aromatic rings. The highest BCUT2D eigenvalue weighted by atomic mass is 35.5. The summed E-state index contributed by atoms with van der Waals surface area (Å²) in [5.74, 6) is -0.867. The van der Waals surface area contributed by atoms with E-state index in [1.54, 1.807) is 29.1 Å². The van der Waals surface area contributed by atoms with Crippen molar-refractivity contribution >= 4 is 23.3 Å². The van der Waals surface area contributed by atoms with Crippen molar-refractivity contribution < 1.29 is 13.6 Å². The van der Waals surface area contributed by atoms with Crippen LogP contribution < -0.4 is 4.90 Å². The second kappa shape index (κ2) is 9.42. The van der Waals surface area contributed by atoms with Gasteiger partial charge in [-0.2, -0.15) is 0 Å². The maximum absolute atomic E-state index is 14.6. The summed E-state index contributed by atoms with van der Waals surface area (Å²) in [6, 6.07) is 8.65. The van der Waals surface area contributed by atoms with Gasteiger partial charge in [0.15, 0.2) is 0 Å². The Morgan fingerprint density at radius 2 is 1.80 bits per heavy atom. The first-order valence-electron chi connectivity index (χ1n) is 11.0. The molecule has 5 rings (SSSR count). The molecule has 35 heavy (non-hydrogen) atoms. The van der Waals surface area contributed by atoms with Crippen LogP contribution in [0.2, 0.25) is 5.02 Å². The normalized spacial score (nSPS) is 13.8. The first-order valence-corrected chi connectivity index (χ1v) is 11.4. The molecule has 0 radical (unpaired) electrons. The van der Waals surface area contributed by atoms with Crippen LogP contribution in [0, 0.1) is 11.6 Å². The highest BCUT2D eigenvalue weighted by molar-refractivity contribution is 6.33. The van der Waals surface area contributed by atoms with Gasteiger partial charge in [0.25, 0.3) is 5.91 Å². The number of carbonyl (C=O) groups is 1. The highest BCUT2D eigenvalue weighted by Gasteiger charge is 2.26. The van der Waals surface area contributed by atoms with Gasteiger partial charge in [-0.3, -0.25) is 9.78 Å². The van der Waals surface area contributed by atoms with Crippen LogP contribution >= 0.6 is 11.6 Å². The van der Waals surface area contributed by atoms with Crippen LogP contribution in [0.15, 0.2) is 61.2 Å². The third-order valence-electron chi connectivity index (χ3n) is 6.03. The van der Waals surface area contributed by atoms with E-state index in [0.29, 0.717) is 54.0 Å². The van der Waals surface area contributed by atoms with E-state index in [4.69, 9.17) is 16.6 Å². The number of rotatable bonds is 4. The first-order chi connectivity index (χ1) is 16.9. The van der Waals surface area contributed by atoms with Crippen LogP contribution in [0.4, 0.5) is 14.6 Å². The number of hydrogen-bond donors (Lipinski definition) is 0. The summed E-state index contributed by atoms with van der Waals surface area (Å²) in [6.45, 7) is 2.15. The zero-order valence-electron chi connectivity index (χ0n) is 18.8. The van der Waals surface area contributed by atoms with Crippen LogP contribution in [0.3, 0.4) is 0 Å². The van der Waals surface area contributed by atoms with Crippen molar-refractivity contribution in [2.45, 2.75) is 0 Å². The zero-order valence-corrected chi connectivity index (χ0v) is 19.6. The number of carbonyl (C=O) groups excluding carboxylic acids is 1. The van der Waals surface area contributed by atoms with Gasteiger partial charge in [-0.25, -0.2) is 18.7 Å². The lowest BCUT2D eigenvalue weighted by Gasteiger charge is -2.35. The number of anilines is 1. The Hall–Kier alpha value is -3.85. The van der Waals surface area contributed by atoms with E-state index in [9.17, 15) is 13.6 Å². The number of benzene rings is 1. The molecule has 10 heteroatoms. The lowest BCUT2D eigenvalue weighted by atomic mass is 10.0.